The molecular formula is C23H42IN5O2. The normalized spacial score (nSPS) is 16.0. The zero-order valence-electron chi connectivity index (χ0n) is 19.7. The lowest BCUT2D eigenvalue weighted by atomic mass is 10.0. The molecule has 0 aliphatic carbocycles. The number of ether oxygens (including phenoxy) is 2. The maximum absolute atomic E-state index is 5.34. The number of guanidine groups is 1. The predicted molar refractivity (Wildman–Crippen MR) is 140 cm³/mol. The van der Waals surface area contributed by atoms with Gasteiger partial charge in [0, 0.05) is 33.3 Å². The van der Waals surface area contributed by atoms with Crippen molar-refractivity contribution in [3.05, 3.63) is 29.8 Å². The highest BCUT2D eigenvalue weighted by Gasteiger charge is 2.22. The van der Waals surface area contributed by atoms with Crippen LogP contribution in [0, 0.1) is 0 Å². The van der Waals surface area contributed by atoms with Gasteiger partial charge in [0.25, 0.3) is 0 Å². The van der Waals surface area contributed by atoms with Crippen LogP contribution in [-0.4, -0.2) is 89.4 Å². The first-order chi connectivity index (χ1) is 14.7. The molecule has 0 spiro atoms. The number of benzene rings is 1. The van der Waals surface area contributed by atoms with Gasteiger partial charge in [-0.2, -0.15) is 0 Å². The number of nitrogens with one attached hydrogen (secondary N) is 2. The Morgan fingerprint density at radius 1 is 1.10 bits per heavy atom. The number of hydrogen-bond acceptors (Lipinski definition) is 5. The summed E-state index contributed by atoms with van der Waals surface area (Å²) >= 11 is 0. The molecule has 0 bridgehead atoms. The van der Waals surface area contributed by atoms with Crippen LogP contribution >= 0.6 is 24.0 Å². The van der Waals surface area contributed by atoms with Crippen molar-refractivity contribution in [3.8, 4) is 5.75 Å². The van der Waals surface area contributed by atoms with Gasteiger partial charge < -0.3 is 25.0 Å². The van der Waals surface area contributed by atoms with E-state index in [-0.39, 0.29) is 30.0 Å². The monoisotopic (exact) mass is 547 g/mol. The average molecular weight is 548 g/mol. The van der Waals surface area contributed by atoms with Crippen molar-refractivity contribution in [1.29, 1.82) is 0 Å². The molecule has 1 unspecified atom stereocenters. The first-order valence-corrected chi connectivity index (χ1v) is 11.3. The molecule has 2 rings (SSSR count). The molecule has 7 nitrogen and oxygen atoms in total. The van der Waals surface area contributed by atoms with Gasteiger partial charge in [-0.1, -0.05) is 18.6 Å². The maximum atomic E-state index is 5.34. The van der Waals surface area contributed by atoms with Crippen molar-refractivity contribution >= 4 is 29.9 Å². The third kappa shape index (κ3) is 10.4. The predicted octanol–water partition coefficient (Wildman–Crippen LogP) is 2.97. The lowest BCUT2D eigenvalue weighted by Crippen LogP contribution is -2.42. The number of rotatable bonds is 12. The lowest BCUT2D eigenvalue weighted by molar-refractivity contribution is 0.162. The van der Waals surface area contributed by atoms with Crippen LogP contribution in [0.4, 0.5) is 0 Å². The standard InChI is InChI=1S/C23H41N5O2.HI/c1-5-24-23(25-13-16-27(2)17-18-29-3)26-19-22(28-14-7-6-8-15-28)20-9-11-21(30-4)12-10-20;/h9-12,22H,5-8,13-19H2,1-4H3,(H2,24,25,26);1H. The molecular weight excluding hydrogens is 505 g/mol. The Kier molecular flexibility index (Phi) is 14.9. The zero-order chi connectivity index (χ0) is 21.6. The smallest absolute Gasteiger partial charge is 0.191 e. The van der Waals surface area contributed by atoms with E-state index in [0.29, 0.717) is 0 Å². The molecule has 1 aromatic carbocycles. The molecule has 1 aromatic rings. The SMILES string of the molecule is CCNC(=NCC(c1ccc(OC)cc1)N1CCCCC1)NCCN(C)CCOC.I. The third-order valence-electron chi connectivity index (χ3n) is 5.56. The molecule has 0 amide bonds. The summed E-state index contributed by atoms with van der Waals surface area (Å²) in [5.74, 6) is 1.78. The maximum Gasteiger partial charge on any atom is 0.191 e. The summed E-state index contributed by atoms with van der Waals surface area (Å²) in [5, 5.41) is 6.86. The largest absolute Gasteiger partial charge is 0.497 e. The molecule has 0 radical (unpaired) electrons. The fourth-order valence-electron chi connectivity index (χ4n) is 3.73. The molecule has 0 saturated carbocycles. The molecule has 178 valence electrons. The highest BCUT2D eigenvalue weighted by molar-refractivity contribution is 14.0. The molecule has 2 N–H and O–H groups in total. The van der Waals surface area contributed by atoms with E-state index in [1.54, 1.807) is 14.2 Å². The first kappa shape index (κ1) is 27.9. The number of nitrogens with zero attached hydrogens (tertiary/aromatic N) is 3. The van der Waals surface area contributed by atoms with Crippen LogP contribution in [0.2, 0.25) is 0 Å². The number of halogens is 1. The van der Waals surface area contributed by atoms with E-state index in [9.17, 15) is 0 Å². The van der Waals surface area contributed by atoms with E-state index < -0.39 is 0 Å². The number of likely N-dealkylation sites (tertiary alicyclic amines) is 1. The molecule has 8 heteroatoms. The fourth-order valence-corrected chi connectivity index (χ4v) is 3.73. The molecule has 1 aliphatic rings. The number of aliphatic imine (C=N–C) groups is 1. The van der Waals surface area contributed by atoms with Crippen molar-refractivity contribution < 1.29 is 9.47 Å². The van der Waals surface area contributed by atoms with Gasteiger partial charge in [-0.3, -0.25) is 9.89 Å². The number of hydrogen-bond donors (Lipinski definition) is 2. The second kappa shape index (κ2) is 16.5. The fraction of sp³-hybridized carbons (Fsp3) is 0.696. The third-order valence-corrected chi connectivity index (χ3v) is 5.56. The average Bonchev–Trinajstić information content (AvgIpc) is 2.79. The first-order valence-electron chi connectivity index (χ1n) is 11.3. The minimum Gasteiger partial charge on any atom is -0.497 e. The topological polar surface area (TPSA) is 61.4 Å². The van der Waals surface area contributed by atoms with Gasteiger partial charge >= 0.3 is 0 Å². The molecule has 1 saturated heterocycles. The van der Waals surface area contributed by atoms with Gasteiger partial charge in [-0.15, -0.1) is 24.0 Å². The minimum absolute atomic E-state index is 0. The highest BCUT2D eigenvalue weighted by atomic mass is 127. The summed E-state index contributed by atoms with van der Waals surface area (Å²) in [6.07, 6.45) is 3.86. The van der Waals surface area contributed by atoms with E-state index in [2.05, 4.69) is 58.7 Å². The summed E-state index contributed by atoms with van der Waals surface area (Å²) < 4.78 is 10.5. The van der Waals surface area contributed by atoms with Crippen molar-refractivity contribution in [3.63, 3.8) is 0 Å². The van der Waals surface area contributed by atoms with Gasteiger partial charge in [0.05, 0.1) is 26.3 Å². The van der Waals surface area contributed by atoms with Crippen LogP contribution in [0.15, 0.2) is 29.3 Å². The summed E-state index contributed by atoms with van der Waals surface area (Å²) in [6, 6.07) is 8.75. The van der Waals surface area contributed by atoms with Crippen molar-refractivity contribution in [1.82, 2.24) is 20.4 Å². The number of methoxy groups -OCH3 is 2. The Labute approximate surface area is 206 Å². The van der Waals surface area contributed by atoms with E-state index in [1.165, 1.54) is 24.8 Å². The van der Waals surface area contributed by atoms with Gasteiger partial charge in [0.1, 0.15) is 5.75 Å². The Balaban J connectivity index is 0.00000480. The summed E-state index contributed by atoms with van der Waals surface area (Å²) in [7, 11) is 5.56. The Hall–Kier alpha value is -1.10. The summed E-state index contributed by atoms with van der Waals surface area (Å²) in [6.45, 7) is 9.45. The molecule has 1 fully saturated rings. The lowest BCUT2D eigenvalue weighted by Gasteiger charge is -2.34. The van der Waals surface area contributed by atoms with Crippen LogP contribution in [0.5, 0.6) is 5.75 Å². The second-order valence-electron chi connectivity index (χ2n) is 7.83. The quantitative estimate of drug-likeness (QED) is 0.239. The highest BCUT2D eigenvalue weighted by Crippen LogP contribution is 2.26. The van der Waals surface area contributed by atoms with Gasteiger partial charge in [0.15, 0.2) is 5.96 Å². The van der Waals surface area contributed by atoms with E-state index in [4.69, 9.17) is 14.5 Å². The molecule has 31 heavy (non-hydrogen) atoms. The van der Waals surface area contributed by atoms with E-state index in [0.717, 1.165) is 64.1 Å². The van der Waals surface area contributed by atoms with Crippen LogP contribution in [0.1, 0.15) is 37.8 Å². The number of piperidine rings is 1. The van der Waals surface area contributed by atoms with Gasteiger partial charge in [-0.25, -0.2) is 0 Å². The van der Waals surface area contributed by atoms with Crippen LogP contribution in [0.25, 0.3) is 0 Å². The van der Waals surface area contributed by atoms with E-state index >= 15 is 0 Å². The molecule has 0 aromatic heterocycles. The van der Waals surface area contributed by atoms with Crippen LogP contribution < -0.4 is 15.4 Å². The second-order valence-corrected chi connectivity index (χ2v) is 7.83. The molecule has 1 heterocycles. The minimum atomic E-state index is 0. The van der Waals surface area contributed by atoms with Gasteiger partial charge in [-0.05, 0) is 57.6 Å². The van der Waals surface area contributed by atoms with Crippen molar-refractivity contribution in [2.75, 3.05) is 73.7 Å². The molecule has 1 atom stereocenters. The molecule has 1 aliphatic heterocycles. The Morgan fingerprint density at radius 2 is 1.81 bits per heavy atom. The number of likely N-dealkylation sites (N-methyl/N-ethyl adjacent to an activating group) is 1. The van der Waals surface area contributed by atoms with Gasteiger partial charge in [0.2, 0.25) is 0 Å². The zero-order valence-corrected chi connectivity index (χ0v) is 22.1. The Morgan fingerprint density at radius 3 is 2.42 bits per heavy atom. The van der Waals surface area contributed by atoms with Crippen molar-refractivity contribution in [2.45, 2.75) is 32.2 Å². The Bertz CT molecular complexity index is 608. The van der Waals surface area contributed by atoms with Crippen molar-refractivity contribution in [2.24, 2.45) is 4.99 Å². The van der Waals surface area contributed by atoms with Crippen LogP contribution in [0.3, 0.4) is 0 Å². The summed E-state index contributed by atoms with van der Waals surface area (Å²) in [4.78, 5) is 9.78. The van der Waals surface area contributed by atoms with Crippen LogP contribution in [-0.2, 0) is 4.74 Å². The van der Waals surface area contributed by atoms with E-state index in [1.807, 2.05) is 0 Å². The summed E-state index contributed by atoms with van der Waals surface area (Å²) in [5.41, 5.74) is 1.30.